The van der Waals surface area contributed by atoms with Gasteiger partial charge in [0.2, 0.25) is 0 Å². The van der Waals surface area contributed by atoms with E-state index in [0.29, 0.717) is 6.04 Å². The maximum absolute atomic E-state index is 2.46. The third-order valence-electron chi connectivity index (χ3n) is 4.35. The van der Waals surface area contributed by atoms with Crippen LogP contribution in [0.3, 0.4) is 0 Å². The number of nitrogens with zero attached hydrogens (tertiary/aromatic N) is 1. The molecule has 0 N–H and O–H groups in total. The lowest BCUT2D eigenvalue weighted by atomic mass is 9.89. The summed E-state index contributed by atoms with van der Waals surface area (Å²) in [5.41, 5.74) is 0. The molecule has 0 heterocycles. The molecule has 0 radical (unpaired) electrons. The van der Waals surface area contributed by atoms with Crippen molar-refractivity contribution in [3.05, 3.63) is 12.2 Å². The summed E-state index contributed by atoms with van der Waals surface area (Å²) in [6, 6.07) is 0.707. The normalized spacial score (nSPS) is 15.8. The molecule has 108 valence electrons. The molecule has 0 aromatic rings. The van der Waals surface area contributed by atoms with Gasteiger partial charge in [-0.3, -0.25) is 0 Å². The largest absolute Gasteiger partial charge is 0.300 e. The smallest absolute Gasteiger partial charge is 0.0163 e. The van der Waals surface area contributed by atoms with Gasteiger partial charge in [0.15, 0.2) is 0 Å². The third kappa shape index (κ3) is 7.20. The van der Waals surface area contributed by atoms with E-state index >= 15 is 0 Å². The van der Waals surface area contributed by atoms with Crippen molar-refractivity contribution in [1.82, 2.24) is 4.90 Å². The summed E-state index contributed by atoms with van der Waals surface area (Å²) < 4.78 is 0. The van der Waals surface area contributed by atoms with Crippen molar-refractivity contribution in [3.63, 3.8) is 0 Å². The standard InChI is InChI=1S/C17H35N/c1-7-10-13-16(5)18(6)14-11-12-15(4)17(8-2)9-3/h11-12,15-17H,7-10,13-14H2,1-6H3/b12-11-. The highest BCUT2D eigenvalue weighted by atomic mass is 15.1. The molecule has 0 saturated carbocycles. The molecule has 1 heteroatoms. The van der Waals surface area contributed by atoms with Gasteiger partial charge in [-0.25, -0.2) is 0 Å². The molecule has 0 aliphatic heterocycles. The Balaban J connectivity index is 3.99. The van der Waals surface area contributed by atoms with E-state index < -0.39 is 0 Å². The number of allylic oxidation sites excluding steroid dienone is 1. The summed E-state index contributed by atoms with van der Waals surface area (Å²) >= 11 is 0. The maximum Gasteiger partial charge on any atom is 0.0163 e. The second-order valence-corrected chi connectivity index (χ2v) is 5.79. The van der Waals surface area contributed by atoms with E-state index in [0.717, 1.165) is 18.4 Å². The van der Waals surface area contributed by atoms with Crippen LogP contribution in [-0.4, -0.2) is 24.5 Å². The summed E-state index contributed by atoms with van der Waals surface area (Å²) in [5, 5.41) is 0. The zero-order chi connectivity index (χ0) is 14.0. The molecule has 0 saturated heterocycles. The number of rotatable bonds is 10. The minimum atomic E-state index is 0.707. The lowest BCUT2D eigenvalue weighted by Gasteiger charge is -2.23. The van der Waals surface area contributed by atoms with Crippen LogP contribution in [0.4, 0.5) is 0 Å². The van der Waals surface area contributed by atoms with E-state index in [2.05, 4.69) is 58.7 Å². The fourth-order valence-corrected chi connectivity index (χ4v) is 2.53. The van der Waals surface area contributed by atoms with Gasteiger partial charge in [-0.15, -0.1) is 0 Å². The van der Waals surface area contributed by atoms with Crippen LogP contribution in [0.25, 0.3) is 0 Å². The van der Waals surface area contributed by atoms with Crippen LogP contribution in [0.2, 0.25) is 0 Å². The van der Waals surface area contributed by atoms with Gasteiger partial charge in [-0.05, 0) is 32.2 Å². The molecule has 0 aromatic heterocycles. The zero-order valence-corrected chi connectivity index (χ0v) is 13.6. The first kappa shape index (κ1) is 17.7. The topological polar surface area (TPSA) is 3.24 Å². The minimum absolute atomic E-state index is 0.707. The quantitative estimate of drug-likeness (QED) is 0.488. The molecule has 0 bridgehead atoms. The molecule has 2 unspecified atom stereocenters. The van der Waals surface area contributed by atoms with Crippen LogP contribution in [0, 0.1) is 11.8 Å². The molecule has 1 nitrogen and oxygen atoms in total. The highest BCUT2D eigenvalue weighted by Gasteiger charge is 2.10. The van der Waals surface area contributed by atoms with E-state index in [-0.39, 0.29) is 0 Å². The first-order chi connectivity index (χ1) is 8.56. The average molecular weight is 253 g/mol. The van der Waals surface area contributed by atoms with Crippen LogP contribution in [0.5, 0.6) is 0 Å². The van der Waals surface area contributed by atoms with Crippen molar-refractivity contribution in [2.45, 2.75) is 72.8 Å². The van der Waals surface area contributed by atoms with E-state index in [9.17, 15) is 0 Å². The Hall–Kier alpha value is -0.300. The van der Waals surface area contributed by atoms with Crippen LogP contribution in [0.1, 0.15) is 66.7 Å². The summed E-state index contributed by atoms with van der Waals surface area (Å²) in [5.74, 6) is 1.57. The summed E-state index contributed by atoms with van der Waals surface area (Å²) in [4.78, 5) is 2.46. The van der Waals surface area contributed by atoms with Crippen molar-refractivity contribution in [3.8, 4) is 0 Å². The van der Waals surface area contributed by atoms with E-state index in [1.54, 1.807) is 0 Å². The van der Waals surface area contributed by atoms with Gasteiger partial charge < -0.3 is 4.90 Å². The molecule has 0 amide bonds. The van der Waals surface area contributed by atoms with E-state index in [1.165, 1.54) is 32.1 Å². The molecular weight excluding hydrogens is 218 g/mol. The predicted molar refractivity (Wildman–Crippen MR) is 84.0 cm³/mol. The number of hydrogen-bond acceptors (Lipinski definition) is 1. The van der Waals surface area contributed by atoms with Crippen molar-refractivity contribution in [1.29, 1.82) is 0 Å². The molecule has 0 aliphatic rings. The van der Waals surface area contributed by atoms with Crippen LogP contribution in [0.15, 0.2) is 12.2 Å². The van der Waals surface area contributed by atoms with Crippen molar-refractivity contribution in [2.75, 3.05) is 13.6 Å². The van der Waals surface area contributed by atoms with Gasteiger partial charge in [-0.2, -0.15) is 0 Å². The van der Waals surface area contributed by atoms with E-state index in [1.807, 2.05) is 0 Å². The fourth-order valence-electron chi connectivity index (χ4n) is 2.53. The lowest BCUT2D eigenvalue weighted by molar-refractivity contribution is 0.266. The Morgan fingerprint density at radius 2 is 1.67 bits per heavy atom. The Labute approximate surface area is 116 Å². The highest BCUT2D eigenvalue weighted by molar-refractivity contribution is 4.91. The van der Waals surface area contributed by atoms with Gasteiger partial charge >= 0.3 is 0 Å². The summed E-state index contributed by atoms with van der Waals surface area (Å²) in [6.07, 6.45) is 11.4. The lowest BCUT2D eigenvalue weighted by Crippen LogP contribution is -2.29. The Bertz CT molecular complexity index is 206. The van der Waals surface area contributed by atoms with Crippen LogP contribution >= 0.6 is 0 Å². The predicted octanol–water partition coefficient (Wildman–Crippen LogP) is 5.13. The maximum atomic E-state index is 2.46. The molecule has 0 spiro atoms. The number of unbranched alkanes of at least 4 members (excludes halogenated alkanes) is 1. The second kappa shape index (κ2) is 10.6. The SMILES string of the molecule is CCCCC(C)N(C)C/C=C\C(C)C(CC)CC. The van der Waals surface area contributed by atoms with Gasteiger partial charge in [0.1, 0.15) is 0 Å². The fraction of sp³-hybridized carbons (Fsp3) is 0.882. The summed E-state index contributed by atoms with van der Waals surface area (Å²) in [6.45, 7) is 12.7. The Kier molecular flexibility index (Phi) is 10.4. The van der Waals surface area contributed by atoms with E-state index in [4.69, 9.17) is 0 Å². The number of likely N-dealkylation sites (N-methyl/N-ethyl adjacent to an activating group) is 1. The first-order valence-electron chi connectivity index (χ1n) is 7.93. The molecule has 0 aliphatic carbocycles. The number of hydrogen-bond donors (Lipinski definition) is 0. The first-order valence-corrected chi connectivity index (χ1v) is 7.93. The minimum Gasteiger partial charge on any atom is -0.300 e. The summed E-state index contributed by atoms with van der Waals surface area (Å²) in [7, 11) is 2.24. The second-order valence-electron chi connectivity index (χ2n) is 5.79. The molecule has 18 heavy (non-hydrogen) atoms. The average Bonchev–Trinajstić information content (AvgIpc) is 2.37. The monoisotopic (exact) mass is 253 g/mol. The van der Waals surface area contributed by atoms with Gasteiger partial charge in [0, 0.05) is 12.6 Å². The Morgan fingerprint density at radius 1 is 1.06 bits per heavy atom. The molecule has 0 rings (SSSR count). The van der Waals surface area contributed by atoms with Gasteiger partial charge in [0.05, 0.1) is 0 Å². The van der Waals surface area contributed by atoms with Gasteiger partial charge in [0.25, 0.3) is 0 Å². The van der Waals surface area contributed by atoms with Gasteiger partial charge in [-0.1, -0.05) is 65.5 Å². The molecule has 2 atom stereocenters. The third-order valence-corrected chi connectivity index (χ3v) is 4.35. The molecule has 0 fully saturated rings. The zero-order valence-electron chi connectivity index (χ0n) is 13.6. The van der Waals surface area contributed by atoms with Crippen LogP contribution < -0.4 is 0 Å². The molecular formula is C17H35N. The van der Waals surface area contributed by atoms with Crippen molar-refractivity contribution >= 4 is 0 Å². The van der Waals surface area contributed by atoms with Crippen molar-refractivity contribution < 1.29 is 0 Å². The highest BCUT2D eigenvalue weighted by Crippen LogP contribution is 2.20. The van der Waals surface area contributed by atoms with Crippen molar-refractivity contribution in [2.24, 2.45) is 11.8 Å². The van der Waals surface area contributed by atoms with Crippen LogP contribution in [-0.2, 0) is 0 Å². The Morgan fingerprint density at radius 3 is 2.17 bits per heavy atom. The molecule has 0 aromatic carbocycles.